The van der Waals surface area contributed by atoms with Crippen molar-refractivity contribution in [3.8, 4) is 0 Å². The standard InChI is InChI=1S/C23H44O4/c1-4-6-15-19-23(3,18-7-5-2)20(22(26)27)16-13-11-9-8-10-12-14-17-21(24)25/h20H,4-19H2,1-3H3,(H,24,25)(H,26,27). The minimum Gasteiger partial charge on any atom is -0.481 e. The summed E-state index contributed by atoms with van der Waals surface area (Å²) < 4.78 is 0. The molecule has 0 radical (unpaired) electrons. The number of carboxylic acids is 2. The summed E-state index contributed by atoms with van der Waals surface area (Å²) in [6.07, 6.45) is 16.0. The van der Waals surface area contributed by atoms with Gasteiger partial charge in [0.1, 0.15) is 0 Å². The first kappa shape index (κ1) is 25.9. The van der Waals surface area contributed by atoms with Crippen LogP contribution in [0, 0.1) is 11.3 Å². The summed E-state index contributed by atoms with van der Waals surface area (Å²) in [5.74, 6) is -1.55. The molecule has 0 saturated heterocycles. The van der Waals surface area contributed by atoms with Gasteiger partial charge >= 0.3 is 11.9 Å². The maximum Gasteiger partial charge on any atom is 0.307 e. The van der Waals surface area contributed by atoms with Gasteiger partial charge in [-0.2, -0.15) is 0 Å². The highest BCUT2D eigenvalue weighted by Crippen LogP contribution is 2.41. The molecular formula is C23H44O4. The molecule has 0 fully saturated rings. The Bertz CT molecular complexity index is 394. The van der Waals surface area contributed by atoms with Crippen molar-refractivity contribution in [1.82, 2.24) is 0 Å². The summed E-state index contributed by atoms with van der Waals surface area (Å²) in [5, 5.41) is 18.5. The Hall–Kier alpha value is -1.06. The first-order valence-electron chi connectivity index (χ1n) is 11.3. The smallest absolute Gasteiger partial charge is 0.307 e. The van der Waals surface area contributed by atoms with E-state index in [4.69, 9.17) is 5.11 Å². The molecule has 0 aromatic carbocycles. The fourth-order valence-corrected chi connectivity index (χ4v) is 4.11. The fraction of sp³-hybridized carbons (Fsp3) is 0.913. The van der Waals surface area contributed by atoms with Crippen LogP contribution in [0.15, 0.2) is 0 Å². The van der Waals surface area contributed by atoms with Crippen molar-refractivity contribution in [2.45, 2.75) is 124 Å². The molecule has 160 valence electrons. The lowest BCUT2D eigenvalue weighted by atomic mass is 9.68. The van der Waals surface area contributed by atoms with Gasteiger partial charge in [-0.1, -0.05) is 91.4 Å². The molecule has 0 saturated carbocycles. The van der Waals surface area contributed by atoms with Gasteiger partial charge in [-0.05, 0) is 31.1 Å². The van der Waals surface area contributed by atoms with Crippen molar-refractivity contribution in [2.75, 3.05) is 0 Å². The maximum atomic E-state index is 12.0. The second kappa shape index (κ2) is 15.9. The molecule has 4 heteroatoms. The minimum atomic E-state index is -0.709. The summed E-state index contributed by atoms with van der Waals surface area (Å²) >= 11 is 0. The van der Waals surface area contributed by atoms with Crippen LogP contribution in [-0.2, 0) is 9.59 Å². The highest BCUT2D eigenvalue weighted by molar-refractivity contribution is 5.71. The van der Waals surface area contributed by atoms with Crippen molar-refractivity contribution < 1.29 is 19.8 Å². The summed E-state index contributed by atoms with van der Waals surface area (Å²) in [6.45, 7) is 6.58. The highest BCUT2D eigenvalue weighted by Gasteiger charge is 2.37. The van der Waals surface area contributed by atoms with Gasteiger partial charge in [0.25, 0.3) is 0 Å². The summed E-state index contributed by atoms with van der Waals surface area (Å²) in [7, 11) is 0. The quantitative estimate of drug-likeness (QED) is 0.234. The van der Waals surface area contributed by atoms with E-state index in [9.17, 15) is 14.7 Å². The molecule has 4 nitrogen and oxygen atoms in total. The van der Waals surface area contributed by atoms with E-state index >= 15 is 0 Å². The van der Waals surface area contributed by atoms with E-state index in [2.05, 4.69) is 20.8 Å². The second-order valence-corrected chi connectivity index (χ2v) is 8.51. The topological polar surface area (TPSA) is 74.6 Å². The molecule has 2 unspecified atom stereocenters. The molecule has 2 atom stereocenters. The molecule has 0 aliphatic rings. The van der Waals surface area contributed by atoms with Crippen LogP contribution in [0.1, 0.15) is 124 Å². The Morgan fingerprint density at radius 3 is 1.78 bits per heavy atom. The predicted octanol–water partition coefficient (Wildman–Crippen LogP) is 7.06. The van der Waals surface area contributed by atoms with Crippen molar-refractivity contribution >= 4 is 11.9 Å². The van der Waals surface area contributed by atoms with E-state index in [1.54, 1.807) is 0 Å². The van der Waals surface area contributed by atoms with Crippen LogP contribution < -0.4 is 0 Å². The van der Waals surface area contributed by atoms with Crippen LogP contribution in [-0.4, -0.2) is 22.2 Å². The number of carboxylic acid groups (broad SMARTS) is 2. The number of hydrogen-bond donors (Lipinski definition) is 2. The number of aliphatic carboxylic acids is 2. The Balaban J connectivity index is 4.29. The lowest BCUT2D eigenvalue weighted by Gasteiger charge is -2.36. The Kier molecular flexibility index (Phi) is 15.3. The summed E-state index contributed by atoms with van der Waals surface area (Å²) in [5.41, 5.74) is -0.0756. The molecule has 0 aliphatic heterocycles. The zero-order valence-electron chi connectivity index (χ0n) is 18.1. The number of rotatable bonds is 19. The lowest BCUT2D eigenvalue weighted by molar-refractivity contribution is -0.147. The molecule has 0 aromatic heterocycles. The average molecular weight is 385 g/mol. The van der Waals surface area contributed by atoms with E-state index in [-0.39, 0.29) is 17.8 Å². The van der Waals surface area contributed by atoms with Gasteiger partial charge < -0.3 is 10.2 Å². The number of unbranched alkanes of at least 4 members (excludes halogenated alkanes) is 9. The molecule has 2 N–H and O–H groups in total. The average Bonchev–Trinajstić information content (AvgIpc) is 2.61. The first-order valence-corrected chi connectivity index (χ1v) is 11.3. The van der Waals surface area contributed by atoms with Crippen LogP contribution in [0.3, 0.4) is 0 Å². The van der Waals surface area contributed by atoms with Crippen LogP contribution >= 0.6 is 0 Å². The highest BCUT2D eigenvalue weighted by atomic mass is 16.4. The number of carbonyl (C=O) groups is 2. The van der Waals surface area contributed by atoms with Crippen LogP contribution in [0.4, 0.5) is 0 Å². The minimum absolute atomic E-state index is 0.0756. The molecule has 0 bridgehead atoms. The zero-order valence-corrected chi connectivity index (χ0v) is 18.1. The van der Waals surface area contributed by atoms with Gasteiger partial charge in [0.2, 0.25) is 0 Å². The molecule has 0 heterocycles. The van der Waals surface area contributed by atoms with Gasteiger partial charge in [0.15, 0.2) is 0 Å². The first-order chi connectivity index (χ1) is 12.9. The number of hydrogen-bond acceptors (Lipinski definition) is 2. The van der Waals surface area contributed by atoms with Gasteiger partial charge in [-0.3, -0.25) is 9.59 Å². The molecule has 0 rings (SSSR count). The molecule has 0 aliphatic carbocycles. The van der Waals surface area contributed by atoms with Gasteiger partial charge in [0.05, 0.1) is 5.92 Å². The van der Waals surface area contributed by atoms with E-state index in [1.807, 2.05) is 0 Å². The monoisotopic (exact) mass is 384 g/mol. The third-order valence-corrected chi connectivity index (χ3v) is 5.98. The predicted molar refractivity (Wildman–Crippen MR) is 112 cm³/mol. The van der Waals surface area contributed by atoms with E-state index in [0.29, 0.717) is 0 Å². The van der Waals surface area contributed by atoms with Crippen molar-refractivity contribution in [3.05, 3.63) is 0 Å². The van der Waals surface area contributed by atoms with Gasteiger partial charge in [0, 0.05) is 6.42 Å². The Labute approximate surface area is 167 Å². The lowest BCUT2D eigenvalue weighted by Crippen LogP contribution is -2.34. The second-order valence-electron chi connectivity index (χ2n) is 8.51. The van der Waals surface area contributed by atoms with Crippen LogP contribution in [0.5, 0.6) is 0 Å². The normalized spacial score (nSPS) is 14.6. The third kappa shape index (κ3) is 12.9. The van der Waals surface area contributed by atoms with Crippen molar-refractivity contribution in [2.24, 2.45) is 11.3 Å². The molecule has 0 spiro atoms. The summed E-state index contributed by atoms with van der Waals surface area (Å²) in [4.78, 5) is 22.5. The molecule has 0 aromatic rings. The van der Waals surface area contributed by atoms with Gasteiger partial charge in [-0.15, -0.1) is 0 Å². The van der Waals surface area contributed by atoms with Crippen LogP contribution in [0.25, 0.3) is 0 Å². The molecule has 27 heavy (non-hydrogen) atoms. The van der Waals surface area contributed by atoms with Crippen molar-refractivity contribution in [1.29, 1.82) is 0 Å². The largest absolute Gasteiger partial charge is 0.481 e. The molecule has 0 amide bonds. The zero-order chi connectivity index (χ0) is 20.5. The van der Waals surface area contributed by atoms with E-state index in [1.165, 1.54) is 12.8 Å². The fourth-order valence-electron chi connectivity index (χ4n) is 4.11. The van der Waals surface area contributed by atoms with E-state index < -0.39 is 11.9 Å². The van der Waals surface area contributed by atoms with Crippen molar-refractivity contribution in [3.63, 3.8) is 0 Å². The Morgan fingerprint density at radius 1 is 0.741 bits per heavy atom. The SMILES string of the molecule is CCCCCC(C)(CCCC)C(CCCCCCCCCC(=O)O)C(=O)O. The van der Waals surface area contributed by atoms with Crippen LogP contribution in [0.2, 0.25) is 0 Å². The maximum absolute atomic E-state index is 12.0. The third-order valence-electron chi connectivity index (χ3n) is 5.98. The molecular weight excluding hydrogens is 340 g/mol. The van der Waals surface area contributed by atoms with Gasteiger partial charge in [-0.25, -0.2) is 0 Å². The van der Waals surface area contributed by atoms with E-state index in [0.717, 1.165) is 83.5 Å². The Morgan fingerprint density at radius 2 is 1.26 bits per heavy atom. The summed E-state index contributed by atoms with van der Waals surface area (Å²) in [6, 6.07) is 0.